The number of imidazole rings is 1. The fraction of sp³-hybridized carbons (Fsp3) is 0.188. The third kappa shape index (κ3) is 2.45. The van der Waals surface area contributed by atoms with Crippen molar-refractivity contribution in [3.8, 4) is 11.5 Å². The van der Waals surface area contributed by atoms with Crippen LogP contribution in [0.3, 0.4) is 0 Å². The lowest BCUT2D eigenvalue weighted by Gasteiger charge is -2.12. The van der Waals surface area contributed by atoms with Crippen LogP contribution in [0.25, 0.3) is 11.0 Å². The lowest BCUT2D eigenvalue weighted by Crippen LogP contribution is -2.04. The number of benzene rings is 2. The van der Waals surface area contributed by atoms with Crippen LogP contribution in [-0.4, -0.2) is 17.1 Å². The maximum absolute atomic E-state index is 5.88. The van der Waals surface area contributed by atoms with Gasteiger partial charge in [-0.2, -0.15) is 0 Å². The molecule has 0 aliphatic heterocycles. The number of H-pyrrole nitrogens is 1. The van der Waals surface area contributed by atoms with Gasteiger partial charge in [-0.1, -0.05) is 12.1 Å². The summed E-state index contributed by atoms with van der Waals surface area (Å²) in [5.41, 5.74) is 1.97. The van der Waals surface area contributed by atoms with Crippen LogP contribution >= 0.6 is 0 Å². The summed E-state index contributed by atoms with van der Waals surface area (Å²) in [6.45, 7) is 1.97. The molecular formula is C16H16N2O2. The lowest BCUT2D eigenvalue weighted by molar-refractivity contribution is 0.217. The second kappa shape index (κ2) is 5.25. The number of aromatic nitrogens is 2. The van der Waals surface area contributed by atoms with Crippen molar-refractivity contribution >= 4 is 11.0 Å². The van der Waals surface area contributed by atoms with Crippen molar-refractivity contribution < 1.29 is 9.47 Å². The molecule has 0 fully saturated rings. The third-order valence-electron chi connectivity index (χ3n) is 3.17. The number of hydrogen-bond acceptors (Lipinski definition) is 3. The molecule has 0 spiro atoms. The van der Waals surface area contributed by atoms with Crippen LogP contribution in [0.15, 0.2) is 48.5 Å². The molecule has 20 heavy (non-hydrogen) atoms. The summed E-state index contributed by atoms with van der Waals surface area (Å²) in [4.78, 5) is 7.81. The van der Waals surface area contributed by atoms with Gasteiger partial charge in [0.05, 0.1) is 18.1 Å². The molecule has 0 bridgehead atoms. The van der Waals surface area contributed by atoms with E-state index in [0.717, 1.165) is 28.4 Å². The molecule has 1 atom stereocenters. The maximum atomic E-state index is 5.88. The number of methoxy groups -OCH3 is 1. The number of para-hydroxylation sites is 2. The SMILES string of the molecule is COc1ccc(O[C@@H](C)c2nc3ccccc3[nH]2)cc1. The highest BCUT2D eigenvalue weighted by molar-refractivity contribution is 5.74. The van der Waals surface area contributed by atoms with E-state index in [2.05, 4.69) is 9.97 Å². The van der Waals surface area contributed by atoms with Crippen LogP contribution < -0.4 is 9.47 Å². The van der Waals surface area contributed by atoms with E-state index < -0.39 is 0 Å². The van der Waals surface area contributed by atoms with Crippen LogP contribution in [0, 0.1) is 0 Å². The first-order chi connectivity index (χ1) is 9.76. The van der Waals surface area contributed by atoms with Gasteiger partial charge in [0, 0.05) is 0 Å². The van der Waals surface area contributed by atoms with E-state index in [1.165, 1.54) is 0 Å². The van der Waals surface area contributed by atoms with Crippen molar-refractivity contribution in [3.63, 3.8) is 0 Å². The summed E-state index contributed by atoms with van der Waals surface area (Å²) in [5, 5.41) is 0. The van der Waals surface area contributed by atoms with Gasteiger partial charge in [-0.05, 0) is 43.3 Å². The number of rotatable bonds is 4. The molecule has 0 radical (unpaired) electrons. The molecule has 1 heterocycles. The highest BCUT2D eigenvalue weighted by Crippen LogP contribution is 2.23. The number of aromatic amines is 1. The number of ether oxygens (including phenoxy) is 2. The molecule has 0 saturated heterocycles. The summed E-state index contributed by atoms with van der Waals surface area (Å²) in [6, 6.07) is 15.5. The summed E-state index contributed by atoms with van der Waals surface area (Å²) in [7, 11) is 1.65. The minimum Gasteiger partial charge on any atom is -0.497 e. The van der Waals surface area contributed by atoms with Gasteiger partial charge >= 0.3 is 0 Å². The van der Waals surface area contributed by atoms with E-state index in [1.807, 2.05) is 55.5 Å². The Morgan fingerprint density at radius 3 is 2.40 bits per heavy atom. The van der Waals surface area contributed by atoms with Crippen molar-refractivity contribution in [1.29, 1.82) is 0 Å². The van der Waals surface area contributed by atoms with Crippen molar-refractivity contribution in [2.45, 2.75) is 13.0 Å². The number of nitrogens with one attached hydrogen (secondary N) is 1. The Morgan fingerprint density at radius 1 is 1.00 bits per heavy atom. The standard InChI is InChI=1S/C16H16N2O2/c1-11(20-13-9-7-12(19-2)8-10-13)16-17-14-5-3-4-6-15(14)18-16/h3-11H,1-2H3,(H,17,18)/t11-/m0/s1. The molecule has 2 aromatic carbocycles. The summed E-state index contributed by atoms with van der Waals surface area (Å²) < 4.78 is 11.0. The number of fused-ring (bicyclic) bond motifs is 1. The van der Waals surface area contributed by atoms with Gasteiger partial charge < -0.3 is 14.5 Å². The lowest BCUT2D eigenvalue weighted by atomic mass is 10.3. The predicted molar refractivity (Wildman–Crippen MR) is 78.1 cm³/mol. The van der Waals surface area contributed by atoms with Gasteiger partial charge in [-0.15, -0.1) is 0 Å². The normalized spacial score (nSPS) is 12.3. The zero-order chi connectivity index (χ0) is 13.9. The second-order valence-electron chi connectivity index (χ2n) is 4.57. The minimum absolute atomic E-state index is 0.143. The second-order valence-corrected chi connectivity index (χ2v) is 4.57. The van der Waals surface area contributed by atoms with E-state index in [4.69, 9.17) is 9.47 Å². The molecule has 4 nitrogen and oxygen atoms in total. The van der Waals surface area contributed by atoms with Gasteiger partial charge in [0.15, 0.2) is 6.10 Å². The predicted octanol–water partition coefficient (Wildman–Crippen LogP) is 3.71. The van der Waals surface area contributed by atoms with Gasteiger partial charge in [0.25, 0.3) is 0 Å². The molecule has 0 amide bonds. The molecule has 1 N–H and O–H groups in total. The fourth-order valence-electron chi connectivity index (χ4n) is 2.08. The van der Waals surface area contributed by atoms with Crippen LogP contribution in [0.2, 0.25) is 0 Å². The van der Waals surface area contributed by atoms with E-state index in [-0.39, 0.29) is 6.10 Å². The molecule has 1 aromatic heterocycles. The molecule has 0 aliphatic rings. The van der Waals surface area contributed by atoms with Crippen LogP contribution in [-0.2, 0) is 0 Å². The molecule has 3 rings (SSSR count). The van der Waals surface area contributed by atoms with Gasteiger partial charge in [-0.3, -0.25) is 0 Å². The number of nitrogens with zero attached hydrogens (tertiary/aromatic N) is 1. The summed E-state index contributed by atoms with van der Waals surface area (Å²) >= 11 is 0. The molecular weight excluding hydrogens is 252 g/mol. The zero-order valence-electron chi connectivity index (χ0n) is 11.5. The topological polar surface area (TPSA) is 47.1 Å². The quantitative estimate of drug-likeness (QED) is 0.784. The zero-order valence-corrected chi connectivity index (χ0v) is 11.5. The van der Waals surface area contributed by atoms with Crippen molar-refractivity contribution in [1.82, 2.24) is 9.97 Å². The molecule has 4 heteroatoms. The third-order valence-corrected chi connectivity index (χ3v) is 3.17. The van der Waals surface area contributed by atoms with E-state index in [9.17, 15) is 0 Å². The Labute approximate surface area is 117 Å². The fourth-order valence-corrected chi connectivity index (χ4v) is 2.08. The van der Waals surface area contributed by atoms with Crippen LogP contribution in [0.4, 0.5) is 0 Å². The smallest absolute Gasteiger partial charge is 0.153 e. The Hall–Kier alpha value is -2.49. The monoisotopic (exact) mass is 268 g/mol. The first-order valence-electron chi connectivity index (χ1n) is 6.51. The first kappa shape index (κ1) is 12.5. The molecule has 102 valence electrons. The Kier molecular flexibility index (Phi) is 3.29. The Bertz CT molecular complexity index is 671. The average molecular weight is 268 g/mol. The largest absolute Gasteiger partial charge is 0.497 e. The van der Waals surface area contributed by atoms with Crippen LogP contribution in [0.5, 0.6) is 11.5 Å². The Balaban J connectivity index is 1.79. The highest BCUT2D eigenvalue weighted by atomic mass is 16.5. The van der Waals surface area contributed by atoms with Crippen molar-refractivity contribution in [3.05, 3.63) is 54.4 Å². The molecule has 0 unspecified atom stereocenters. The summed E-state index contributed by atoms with van der Waals surface area (Å²) in [6.07, 6.45) is -0.143. The van der Waals surface area contributed by atoms with E-state index in [0.29, 0.717) is 0 Å². The average Bonchev–Trinajstić information content (AvgIpc) is 2.92. The van der Waals surface area contributed by atoms with E-state index >= 15 is 0 Å². The maximum Gasteiger partial charge on any atom is 0.153 e. The molecule has 0 saturated carbocycles. The van der Waals surface area contributed by atoms with Gasteiger partial charge in [0.2, 0.25) is 0 Å². The molecule has 0 aliphatic carbocycles. The minimum atomic E-state index is -0.143. The number of hydrogen-bond donors (Lipinski definition) is 1. The van der Waals surface area contributed by atoms with Gasteiger partial charge in [-0.25, -0.2) is 4.98 Å². The molecule has 3 aromatic rings. The Morgan fingerprint density at radius 2 is 1.70 bits per heavy atom. The first-order valence-corrected chi connectivity index (χ1v) is 6.51. The van der Waals surface area contributed by atoms with Crippen LogP contribution in [0.1, 0.15) is 18.9 Å². The van der Waals surface area contributed by atoms with Crippen molar-refractivity contribution in [2.24, 2.45) is 0 Å². The van der Waals surface area contributed by atoms with Gasteiger partial charge in [0.1, 0.15) is 17.3 Å². The van der Waals surface area contributed by atoms with E-state index in [1.54, 1.807) is 7.11 Å². The highest BCUT2D eigenvalue weighted by Gasteiger charge is 2.12. The van der Waals surface area contributed by atoms with Crippen molar-refractivity contribution in [2.75, 3.05) is 7.11 Å². The summed E-state index contributed by atoms with van der Waals surface area (Å²) in [5.74, 6) is 2.43.